The first-order chi connectivity index (χ1) is 12.3. The first-order valence-electron chi connectivity index (χ1n) is 10.4. The molecule has 1 aromatic rings. The van der Waals surface area contributed by atoms with Gasteiger partial charge in [0.1, 0.15) is 11.9 Å². The summed E-state index contributed by atoms with van der Waals surface area (Å²) in [5.41, 5.74) is 1.19. The van der Waals surface area contributed by atoms with Crippen LogP contribution in [0.4, 0.5) is 4.39 Å². The minimum absolute atomic E-state index is 0.154. The molecule has 3 rings (SSSR count). The Morgan fingerprint density at radius 1 is 0.960 bits per heavy atom. The first kappa shape index (κ1) is 20.0. The molecular formula is C23H34FN. The maximum Gasteiger partial charge on any atom is 0.141 e. The Kier molecular flexibility index (Phi) is 8.45. The second-order valence-electron chi connectivity index (χ2n) is 7.64. The number of hydrogen-bond donors (Lipinski definition) is 0. The van der Waals surface area contributed by atoms with Crippen LogP contribution in [0.15, 0.2) is 18.2 Å². The molecule has 0 heterocycles. The van der Waals surface area contributed by atoms with Gasteiger partial charge in [0, 0.05) is 0 Å². The number of halogens is 1. The van der Waals surface area contributed by atoms with Gasteiger partial charge in [-0.1, -0.05) is 64.9 Å². The van der Waals surface area contributed by atoms with E-state index in [2.05, 4.69) is 0 Å². The Labute approximate surface area is 153 Å². The molecule has 138 valence electrons. The molecule has 25 heavy (non-hydrogen) atoms. The molecule has 0 N–H and O–H groups in total. The number of nitriles is 1. The van der Waals surface area contributed by atoms with Crippen molar-refractivity contribution < 1.29 is 4.39 Å². The molecule has 0 unspecified atom stereocenters. The van der Waals surface area contributed by atoms with E-state index in [1.54, 1.807) is 12.1 Å². The average molecular weight is 344 g/mol. The van der Waals surface area contributed by atoms with Gasteiger partial charge in [-0.15, -0.1) is 0 Å². The van der Waals surface area contributed by atoms with Gasteiger partial charge >= 0.3 is 0 Å². The van der Waals surface area contributed by atoms with Crippen LogP contribution in [0.25, 0.3) is 0 Å². The molecule has 0 bridgehead atoms. The van der Waals surface area contributed by atoms with E-state index < -0.39 is 0 Å². The first-order valence-corrected chi connectivity index (χ1v) is 10.4. The van der Waals surface area contributed by atoms with Crippen LogP contribution in [0.2, 0.25) is 0 Å². The van der Waals surface area contributed by atoms with Crippen molar-refractivity contribution in [3.05, 3.63) is 35.1 Å². The molecular weight excluding hydrogens is 309 g/mol. The lowest BCUT2D eigenvalue weighted by molar-refractivity contribution is 0.163. The zero-order valence-electron chi connectivity index (χ0n) is 16.1. The van der Waals surface area contributed by atoms with Crippen molar-refractivity contribution in [3.8, 4) is 6.07 Å². The van der Waals surface area contributed by atoms with E-state index in [4.69, 9.17) is 5.26 Å². The normalized spacial score (nSPS) is 24.1. The lowest BCUT2D eigenvalue weighted by atomic mass is 9.70. The summed E-state index contributed by atoms with van der Waals surface area (Å²) >= 11 is 0. The number of aryl methyl sites for hydroxylation is 1. The second-order valence-corrected chi connectivity index (χ2v) is 7.64. The van der Waals surface area contributed by atoms with Crippen molar-refractivity contribution in [2.24, 2.45) is 17.8 Å². The van der Waals surface area contributed by atoms with Crippen LogP contribution in [0.3, 0.4) is 0 Å². The van der Waals surface area contributed by atoms with Crippen LogP contribution in [0.5, 0.6) is 0 Å². The molecule has 0 spiro atoms. The monoisotopic (exact) mass is 343 g/mol. The summed E-state index contributed by atoms with van der Waals surface area (Å²) in [6.45, 7) is 4.00. The standard InChI is InChI=1S/C21H28FN.C2H6/c22-21-14-17(10-13-20(21)15-23)7-6-16-8-11-19(12-9-16)18-4-2-1-3-5-18;1-2/h10,13-14,16,18-19H,1-9,11-12H2;1-2H3. The summed E-state index contributed by atoms with van der Waals surface area (Å²) in [7, 11) is 0. The zero-order chi connectivity index (χ0) is 18.1. The lowest BCUT2D eigenvalue weighted by Gasteiger charge is -2.36. The highest BCUT2D eigenvalue weighted by Gasteiger charge is 2.28. The fraction of sp³-hybridized carbons (Fsp3) is 0.696. The van der Waals surface area contributed by atoms with Gasteiger partial charge < -0.3 is 0 Å². The van der Waals surface area contributed by atoms with Crippen molar-refractivity contribution in [2.75, 3.05) is 0 Å². The SMILES string of the molecule is CC.N#Cc1ccc(CCC2CCC(C3CCCCC3)CC2)cc1F. The third-order valence-electron chi connectivity index (χ3n) is 6.20. The third-order valence-corrected chi connectivity index (χ3v) is 6.20. The van der Waals surface area contributed by atoms with Crippen LogP contribution >= 0.6 is 0 Å². The van der Waals surface area contributed by atoms with Gasteiger partial charge in [-0.2, -0.15) is 5.26 Å². The van der Waals surface area contributed by atoms with Crippen LogP contribution in [0.1, 0.15) is 89.2 Å². The van der Waals surface area contributed by atoms with E-state index >= 15 is 0 Å². The smallest absolute Gasteiger partial charge is 0.141 e. The van der Waals surface area contributed by atoms with Gasteiger partial charge in [0.2, 0.25) is 0 Å². The maximum atomic E-state index is 13.7. The summed E-state index contributed by atoms with van der Waals surface area (Å²) in [6, 6.07) is 6.96. The predicted octanol–water partition coefficient (Wildman–Crippen LogP) is 7.04. The second kappa shape index (κ2) is 10.6. The minimum Gasteiger partial charge on any atom is -0.206 e. The van der Waals surface area contributed by atoms with E-state index in [0.29, 0.717) is 0 Å². The maximum absolute atomic E-state index is 13.7. The minimum atomic E-state index is -0.369. The quantitative estimate of drug-likeness (QED) is 0.575. The summed E-state index contributed by atoms with van der Waals surface area (Å²) in [6.07, 6.45) is 15.0. The summed E-state index contributed by atoms with van der Waals surface area (Å²) < 4.78 is 13.7. The van der Waals surface area contributed by atoms with E-state index in [1.165, 1.54) is 64.2 Å². The molecule has 1 nitrogen and oxygen atoms in total. The fourth-order valence-corrected chi connectivity index (χ4v) is 4.73. The number of benzene rings is 1. The molecule has 2 fully saturated rings. The molecule has 2 saturated carbocycles. The molecule has 2 aliphatic carbocycles. The zero-order valence-corrected chi connectivity index (χ0v) is 16.1. The highest BCUT2D eigenvalue weighted by molar-refractivity contribution is 5.33. The van der Waals surface area contributed by atoms with Crippen molar-refractivity contribution >= 4 is 0 Å². The number of nitrogens with zero attached hydrogens (tertiary/aromatic N) is 1. The van der Waals surface area contributed by atoms with Crippen molar-refractivity contribution in [3.63, 3.8) is 0 Å². The predicted molar refractivity (Wildman–Crippen MR) is 103 cm³/mol. The average Bonchev–Trinajstić information content (AvgIpc) is 2.69. The Hall–Kier alpha value is -1.36. The topological polar surface area (TPSA) is 23.8 Å². The lowest BCUT2D eigenvalue weighted by Crippen LogP contribution is -2.23. The van der Waals surface area contributed by atoms with Crippen molar-refractivity contribution in [2.45, 2.75) is 84.5 Å². The number of hydrogen-bond acceptors (Lipinski definition) is 1. The van der Waals surface area contributed by atoms with Crippen molar-refractivity contribution in [1.82, 2.24) is 0 Å². The molecule has 0 amide bonds. The van der Waals surface area contributed by atoms with Gasteiger partial charge in [-0.3, -0.25) is 0 Å². The molecule has 0 radical (unpaired) electrons. The fourth-order valence-electron chi connectivity index (χ4n) is 4.73. The van der Waals surface area contributed by atoms with Crippen LogP contribution in [-0.2, 0) is 6.42 Å². The van der Waals surface area contributed by atoms with Crippen molar-refractivity contribution in [1.29, 1.82) is 5.26 Å². The van der Waals surface area contributed by atoms with E-state index in [0.717, 1.165) is 29.7 Å². The van der Waals surface area contributed by atoms with Gasteiger partial charge in [0.15, 0.2) is 0 Å². The van der Waals surface area contributed by atoms with Crippen LogP contribution < -0.4 is 0 Å². The molecule has 0 aliphatic heterocycles. The summed E-state index contributed by atoms with van der Waals surface area (Å²) in [4.78, 5) is 0. The van der Waals surface area contributed by atoms with Gasteiger partial charge in [-0.05, 0) is 61.1 Å². The number of rotatable bonds is 4. The molecule has 2 aliphatic rings. The molecule has 0 aromatic heterocycles. The van der Waals surface area contributed by atoms with Gasteiger partial charge in [0.05, 0.1) is 5.56 Å². The molecule has 2 heteroatoms. The molecule has 1 aromatic carbocycles. The largest absolute Gasteiger partial charge is 0.206 e. The van der Waals surface area contributed by atoms with Gasteiger partial charge in [0.25, 0.3) is 0 Å². The molecule has 0 saturated heterocycles. The third kappa shape index (κ3) is 5.84. The Morgan fingerprint density at radius 3 is 2.20 bits per heavy atom. The highest BCUT2D eigenvalue weighted by atomic mass is 19.1. The van der Waals surface area contributed by atoms with E-state index in [-0.39, 0.29) is 11.4 Å². The highest BCUT2D eigenvalue weighted by Crippen LogP contribution is 2.40. The molecule has 0 atom stereocenters. The Morgan fingerprint density at radius 2 is 1.60 bits per heavy atom. The van der Waals surface area contributed by atoms with Gasteiger partial charge in [-0.25, -0.2) is 4.39 Å². The van der Waals surface area contributed by atoms with Crippen LogP contribution in [0, 0.1) is 34.9 Å². The summed E-state index contributed by atoms with van der Waals surface area (Å²) in [5.74, 6) is 2.44. The van der Waals surface area contributed by atoms with E-state index in [9.17, 15) is 4.39 Å². The Balaban J connectivity index is 0.00000109. The Bertz CT molecular complexity index is 546. The summed E-state index contributed by atoms with van der Waals surface area (Å²) in [5, 5.41) is 8.79. The van der Waals surface area contributed by atoms with E-state index in [1.807, 2.05) is 26.0 Å². The van der Waals surface area contributed by atoms with Crippen LogP contribution in [-0.4, -0.2) is 0 Å².